The lowest BCUT2D eigenvalue weighted by Crippen LogP contribution is -2.27. The number of nitro benzene ring substituents is 1. The summed E-state index contributed by atoms with van der Waals surface area (Å²) in [5.74, 6) is -0.549. The smallest absolute Gasteiger partial charge is 0.292 e. The van der Waals surface area contributed by atoms with E-state index in [0.717, 1.165) is 0 Å². The second-order valence-electron chi connectivity index (χ2n) is 4.30. The molecule has 1 atom stereocenters. The fourth-order valence-electron chi connectivity index (χ4n) is 1.79. The minimum absolute atomic E-state index is 0.0175. The van der Waals surface area contributed by atoms with Gasteiger partial charge in [0, 0.05) is 11.1 Å². The maximum atomic E-state index is 12.1. The van der Waals surface area contributed by atoms with Gasteiger partial charge < -0.3 is 11.1 Å². The summed E-state index contributed by atoms with van der Waals surface area (Å²) < 4.78 is 0. The molecule has 0 bridgehead atoms. The van der Waals surface area contributed by atoms with Crippen LogP contribution in [0.15, 0.2) is 48.5 Å². The van der Waals surface area contributed by atoms with Crippen molar-refractivity contribution < 1.29 is 9.72 Å². The molecule has 7 heteroatoms. The Labute approximate surface area is 125 Å². The van der Waals surface area contributed by atoms with Gasteiger partial charge in [0.2, 0.25) is 5.91 Å². The molecule has 2 aromatic carbocycles. The van der Waals surface area contributed by atoms with Gasteiger partial charge >= 0.3 is 0 Å². The van der Waals surface area contributed by atoms with Crippen molar-refractivity contribution in [2.45, 2.75) is 6.04 Å². The molecule has 108 valence electrons. The number of nitrogens with zero attached hydrogens (tertiary/aromatic N) is 1. The zero-order valence-corrected chi connectivity index (χ0v) is 11.6. The van der Waals surface area contributed by atoms with Crippen LogP contribution in [0.4, 0.5) is 11.4 Å². The highest BCUT2D eigenvalue weighted by atomic mass is 35.5. The molecule has 0 heterocycles. The van der Waals surface area contributed by atoms with E-state index in [2.05, 4.69) is 5.32 Å². The molecule has 2 aromatic rings. The fourth-order valence-corrected chi connectivity index (χ4v) is 1.96. The molecule has 0 aromatic heterocycles. The van der Waals surface area contributed by atoms with Crippen LogP contribution in [0.25, 0.3) is 0 Å². The predicted molar refractivity (Wildman–Crippen MR) is 80.1 cm³/mol. The molecule has 0 aliphatic carbocycles. The van der Waals surface area contributed by atoms with Gasteiger partial charge in [-0.2, -0.15) is 0 Å². The number of rotatable bonds is 4. The topological polar surface area (TPSA) is 98.3 Å². The highest BCUT2D eigenvalue weighted by Gasteiger charge is 2.20. The standard InChI is InChI=1S/C14H12ClN3O3/c15-10-6-7-12(18(20)21)11(8-10)17-14(19)13(16)9-4-2-1-3-5-9/h1-8,13H,16H2,(H,17,19). The molecule has 0 saturated carbocycles. The highest BCUT2D eigenvalue weighted by Crippen LogP contribution is 2.28. The molecule has 2 rings (SSSR count). The molecule has 0 aliphatic heterocycles. The fraction of sp³-hybridized carbons (Fsp3) is 0.0714. The van der Waals surface area contributed by atoms with E-state index in [1.54, 1.807) is 30.3 Å². The Balaban J connectivity index is 2.24. The molecular formula is C14H12ClN3O3. The van der Waals surface area contributed by atoms with Gasteiger partial charge in [-0.1, -0.05) is 41.9 Å². The third-order valence-corrected chi connectivity index (χ3v) is 3.09. The molecule has 0 saturated heterocycles. The Morgan fingerprint density at radius 1 is 1.24 bits per heavy atom. The molecule has 0 spiro atoms. The van der Waals surface area contributed by atoms with Crippen molar-refractivity contribution in [2.75, 3.05) is 5.32 Å². The largest absolute Gasteiger partial charge is 0.319 e. The van der Waals surface area contributed by atoms with E-state index in [1.165, 1.54) is 18.2 Å². The molecule has 1 unspecified atom stereocenters. The first-order valence-electron chi connectivity index (χ1n) is 6.04. The minimum Gasteiger partial charge on any atom is -0.319 e. The van der Waals surface area contributed by atoms with E-state index in [0.29, 0.717) is 5.56 Å². The van der Waals surface area contributed by atoms with Crippen molar-refractivity contribution in [3.05, 3.63) is 69.2 Å². The van der Waals surface area contributed by atoms with E-state index in [4.69, 9.17) is 17.3 Å². The first kappa shape index (κ1) is 15.0. The van der Waals surface area contributed by atoms with Gasteiger partial charge in [0.1, 0.15) is 11.7 Å². The lowest BCUT2D eigenvalue weighted by molar-refractivity contribution is -0.383. The number of halogens is 1. The van der Waals surface area contributed by atoms with E-state index in [-0.39, 0.29) is 16.4 Å². The monoisotopic (exact) mass is 305 g/mol. The summed E-state index contributed by atoms with van der Waals surface area (Å²) in [6.45, 7) is 0. The van der Waals surface area contributed by atoms with Gasteiger partial charge in [0.05, 0.1) is 4.92 Å². The third-order valence-electron chi connectivity index (χ3n) is 2.85. The summed E-state index contributed by atoms with van der Waals surface area (Å²) >= 11 is 5.80. The van der Waals surface area contributed by atoms with Crippen molar-refractivity contribution >= 4 is 28.9 Å². The highest BCUT2D eigenvalue weighted by molar-refractivity contribution is 6.31. The average molecular weight is 306 g/mol. The first-order chi connectivity index (χ1) is 9.99. The van der Waals surface area contributed by atoms with E-state index >= 15 is 0 Å². The molecule has 0 fully saturated rings. The van der Waals surface area contributed by atoms with Crippen LogP contribution in [-0.4, -0.2) is 10.8 Å². The zero-order valence-electron chi connectivity index (χ0n) is 10.8. The lowest BCUT2D eigenvalue weighted by atomic mass is 10.1. The molecule has 0 radical (unpaired) electrons. The molecule has 3 N–H and O–H groups in total. The number of anilines is 1. The average Bonchev–Trinajstić information content (AvgIpc) is 2.47. The molecule has 21 heavy (non-hydrogen) atoms. The first-order valence-corrected chi connectivity index (χ1v) is 6.42. The van der Waals surface area contributed by atoms with Crippen molar-refractivity contribution in [3.8, 4) is 0 Å². The van der Waals surface area contributed by atoms with Crippen LogP contribution in [0.3, 0.4) is 0 Å². The number of benzene rings is 2. The Morgan fingerprint density at radius 3 is 2.52 bits per heavy atom. The van der Waals surface area contributed by atoms with E-state index < -0.39 is 16.9 Å². The van der Waals surface area contributed by atoms with Crippen LogP contribution in [0.5, 0.6) is 0 Å². The predicted octanol–water partition coefficient (Wildman–Crippen LogP) is 2.89. The number of carbonyl (C=O) groups excluding carboxylic acids is 1. The van der Waals surface area contributed by atoms with Crippen LogP contribution < -0.4 is 11.1 Å². The second kappa shape index (κ2) is 6.34. The Hall–Kier alpha value is -2.44. The lowest BCUT2D eigenvalue weighted by Gasteiger charge is -2.12. The summed E-state index contributed by atoms with van der Waals surface area (Å²) in [6, 6.07) is 11.7. The number of nitrogens with one attached hydrogen (secondary N) is 1. The van der Waals surface area contributed by atoms with Gasteiger partial charge in [0.25, 0.3) is 5.69 Å². The summed E-state index contributed by atoms with van der Waals surface area (Å²) in [5.41, 5.74) is 6.22. The van der Waals surface area contributed by atoms with Gasteiger partial charge in [-0.3, -0.25) is 14.9 Å². The maximum absolute atomic E-state index is 12.1. The Kier molecular flexibility index (Phi) is 4.52. The minimum atomic E-state index is -0.926. The van der Waals surface area contributed by atoms with Crippen LogP contribution in [0.2, 0.25) is 5.02 Å². The van der Waals surface area contributed by atoms with Crippen LogP contribution >= 0.6 is 11.6 Å². The summed E-state index contributed by atoms with van der Waals surface area (Å²) in [4.78, 5) is 22.4. The van der Waals surface area contributed by atoms with Crippen molar-refractivity contribution in [1.29, 1.82) is 0 Å². The number of nitro groups is 1. The SMILES string of the molecule is NC(C(=O)Nc1cc(Cl)ccc1[N+](=O)[O-])c1ccccc1. The van der Waals surface area contributed by atoms with Gasteiger partial charge in [0.15, 0.2) is 0 Å². The number of nitrogens with two attached hydrogens (primary N) is 1. The quantitative estimate of drug-likeness (QED) is 0.670. The second-order valence-corrected chi connectivity index (χ2v) is 4.73. The molecule has 6 nitrogen and oxygen atoms in total. The number of hydrogen-bond acceptors (Lipinski definition) is 4. The normalized spacial score (nSPS) is 11.7. The number of hydrogen-bond donors (Lipinski definition) is 2. The van der Waals surface area contributed by atoms with Gasteiger partial charge in [-0.25, -0.2) is 0 Å². The van der Waals surface area contributed by atoms with Gasteiger partial charge in [-0.15, -0.1) is 0 Å². The Morgan fingerprint density at radius 2 is 1.90 bits per heavy atom. The van der Waals surface area contributed by atoms with Crippen molar-refractivity contribution in [1.82, 2.24) is 0 Å². The van der Waals surface area contributed by atoms with Crippen molar-refractivity contribution in [2.24, 2.45) is 5.73 Å². The maximum Gasteiger partial charge on any atom is 0.292 e. The van der Waals surface area contributed by atoms with E-state index in [1.807, 2.05) is 0 Å². The third kappa shape index (κ3) is 3.56. The summed E-state index contributed by atoms with van der Waals surface area (Å²) in [7, 11) is 0. The van der Waals surface area contributed by atoms with E-state index in [9.17, 15) is 14.9 Å². The number of amides is 1. The summed E-state index contributed by atoms with van der Waals surface area (Å²) in [6.07, 6.45) is 0. The Bertz CT molecular complexity index is 676. The van der Waals surface area contributed by atoms with Crippen molar-refractivity contribution in [3.63, 3.8) is 0 Å². The summed E-state index contributed by atoms with van der Waals surface area (Å²) in [5, 5.41) is 13.7. The zero-order chi connectivity index (χ0) is 15.4. The molecule has 0 aliphatic rings. The molecular weight excluding hydrogens is 294 g/mol. The molecule has 1 amide bonds. The van der Waals surface area contributed by atoms with Gasteiger partial charge in [-0.05, 0) is 17.7 Å². The van der Waals surface area contributed by atoms with Crippen LogP contribution in [-0.2, 0) is 4.79 Å². The number of carbonyl (C=O) groups is 1. The van der Waals surface area contributed by atoms with Crippen LogP contribution in [0.1, 0.15) is 11.6 Å². The van der Waals surface area contributed by atoms with Crippen LogP contribution in [0, 0.1) is 10.1 Å².